The first kappa shape index (κ1) is 15.1. The van der Waals surface area contributed by atoms with E-state index in [0.29, 0.717) is 12.1 Å². The number of carbonyl (C=O) groups excluding carboxylic acids is 1. The highest BCUT2D eigenvalue weighted by molar-refractivity contribution is 5.89. The first-order chi connectivity index (χ1) is 8.58. The molecule has 0 aliphatic rings. The van der Waals surface area contributed by atoms with E-state index in [4.69, 9.17) is 0 Å². The minimum atomic E-state index is -4.56. The van der Waals surface area contributed by atoms with Gasteiger partial charge in [0.05, 0.1) is 5.56 Å². The number of urea groups is 1. The average Bonchev–Trinajstić information content (AvgIpc) is 2.25. The first-order valence-electron chi connectivity index (χ1n) is 4.87. The van der Waals surface area contributed by atoms with Crippen LogP contribution >= 0.6 is 0 Å². The van der Waals surface area contributed by atoms with E-state index in [1.807, 2.05) is 5.32 Å². The van der Waals surface area contributed by atoms with E-state index in [-0.39, 0.29) is 5.69 Å². The number of alkyl halides is 6. The standard InChI is InChI=1S/C10H8F6N2O/c11-9(12,13)5-17-8(19)18-7-3-1-6(2-4-7)10(14,15)16/h1-4H,5H2,(H2,17,18,19). The van der Waals surface area contributed by atoms with Gasteiger partial charge in [-0.3, -0.25) is 0 Å². The second kappa shape index (κ2) is 5.37. The molecular formula is C10H8F6N2O. The molecule has 0 saturated carbocycles. The van der Waals surface area contributed by atoms with Crippen molar-refractivity contribution in [3.63, 3.8) is 0 Å². The number of rotatable bonds is 2. The molecule has 0 saturated heterocycles. The van der Waals surface area contributed by atoms with Crippen LogP contribution < -0.4 is 10.6 Å². The Bertz CT molecular complexity index is 437. The predicted octanol–water partition coefficient (Wildman–Crippen LogP) is 3.39. The molecule has 3 nitrogen and oxygen atoms in total. The van der Waals surface area contributed by atoms with Gasteiger partial charge in [0.25, 0.3) is 0 Å². The molecule has 19 heavy (non-hydrogen) atoms. The van der Waals surface area contributed by atoms with Gasteiger partial charge in [0.1, 0.15) is 6.54 Å². The number of halogens is 6. The summed E-state index contributed by atoms with van der Waals surface area (Å²) in [6.45, 7) is -1.53. The maximum absolute atomic E-state index is 12.2. The number of nitrogens with one attached hydrogen (secondary N) is 2. The molecule has 2 N–H and O–H groups in total. The van der Waals surface area contributed by atoms with Crippen LogP contribution in [0.4, 0.5) is 36.8 Å². The maximum atomic E-state index is 12.2. The van der Waals surface area contributed by atoms with Gasteiger partial charge in [-0.1, -0.05) is 0 Å². The quantitative estimate of drug-likeness (QED) is 0.804. The first-order valence-corrected chi connectivity index (χ1v) is 4.87. The number of amides is 2. The number of carbonyl (C=O) groups is 1. The topological polar surface area (TPSA) is 41.1 Å². The zero-order valence-corrected chi connectivity index (χ0v) is 9.19. The number of hydrogen-bond donors (Lipinski definition) is 2. The average molecular weight is 286 g/mol. The van der Waals surface area contributed by atoms with E-state index in [9.17, 15) is 31.1 Å². The van der Waals surface area contributed by atoms with Gasteiger partial charge < -0.3 is 10.6 Å². The minimum absolute atomic E-state index is 0.0484. The summed E-state index contributed by atoms with van der Waals surface area (Å²) in [6, 6.07) is 2.14. The summed E-state index contributed by atoms with van der Waals surface area (Å²) in [5, 5.41) is 3.49. The third kappa shape index (κ3) is 5.49. The van der Waals surface area contributed by atoms with E-state index in [2.05, 4.69) is 0 Å². The van der Waals surface area contributed by atoms with Crippen molar-refractivity contribution in [2.75, 3.05) is 11.9 Å². The van der Waals surface area contributed by atoms with Crippen LogP contribution in [0.1, 0.15) is 5.56 Å². The van der Waals surface area contributed by atoms with Crippen LogP contribution in [-0.4, -0.2) is 18.8 Å². The van der Waals surface area contributed by atoms with Gasteiger partial charge in [-0.2, -0.15) is 26.3 Å². The highest BCUT2D eigenvalue weighted by Gasteiger charge is 2.30. The van der Waals surface area contributed by atoms with Crippen molar-refractivity contribution in [2.24, 2.45) is 0 Å². The van der Waals surface area contributed by atoms with Gasteiger partial charge in [-0.05, 0) is 24.3 Å². The highest BCUT2D eigenvalue weighted by Crippen LogP contribution is 2.29. The van der Waals surface area contributed by atoms with E-state index in [0.717, 1.165) is 12.1 Å². The third-order valence-corrected chi connectivity index (χ3v) is 1.92. The lowest BCUT2D eigenvalue weighted by atomic mass is 10.2. The number of hydrogen-bond acceptors (Lipinski definition) is 1. The molecule has 0 spiro atoms. The molecule has 0 heterocycles. The molecule has 0 radical (unpaired) electrons. The summed E-state index contributed by atoms with van der Waals surface area (Å²) in [5.41, 5.74) is -0.971. The maximum Gasteiger partial charge on any atom is 0.416 e. The lowest BCUT2D eigenvalue weighted by Crippen LogP contribution is -2.36. The van der Waals surface area contributed by atoms with Crippen molar-refractivity contribution in [3.8, 4) is 0 Å². The Kier molecular flexibility index (Phi) is 4.28. The summed E-state index contributed by atoms with van der Waals surface area (Å²) in [7, 11) is 0. The molecule has 0 aliphatic carbocycles. The lowest BCUT2D eigenvalue weighted by Gasteiger charge is -2.11. The van der Waals surface area contributed by atoms with Gasteiger partial charge >= 0.3 is 18.4 Å². The second-order valence-electron chi connectivity index (χ2n) is 3.50. The van der Waals surface area contributed by atoms with E-state index in [1.165, 1.54) is 5.32 Å². The molecule has 0 fully saturated rings. The van der Waals surface area contributed by atoms with Gasteiger partial charge in [-0.15, -0.1) is 0 Å². The summed E-state index contributed by atoms with van der Waals surface area (Å²) in [6.07, 6.45) is -9.07. The Morgan fingerprint density at radius 2 is 1.53 bits per heavy atom. The van der Waals surface area contributed by atoms with Gasteiger partial charge in [-0.25, -0.2) is 4.79 Å². The number of benzene rings is 1. The molecule has 0 atom stereocenters. The third-order valence-electron chi connectivity index (χ3n) is 1.92. The largest absolute Gasteiger partial charge is 0.416 e. The molecular weight excluding hydrogens is 278 g/mol. The van der Waals surface area contributed by atoms with Crippen molar-refractivity contribution >= 4 is 11.7 Å². The Morgan fingerprint density at radius 3 is 1.95 bits per heavy atom. The van der Waals surface area contributed by atoms with Crippen LogP contribution in [0.25, 0.3) is 0 Å². The summed E-state index contributed by atoms with van der Waals surface area (Å²) in [4.78, 5) is 11.0. The van der Waals surface area contributed by atoms with Crippen LogP contribution in [0.5, 0.6) is 0 Å². The van der Waals surface area contributed by atoms with E-state index >= 15 is 0 Å². The van der Waals surface area contributed by atoms with Crippen LogP contribution in [0.15, 0.2) is 24.3 Å². The molecule has 2 amide bonds. The van der Waals surface area contributed by atoms with Crippen LogP contribution in [0.2, 0.25) is 0 Å². The zero-order chi connectivity index (χ0) is 14.7. The van der Waals surface area contributed by atoms with Crippen molar-refractivity contribution in [1.82, 2.24) is 5.32 Å². The van der Waals surface area contributed by atoms with E-state index < -0.39 is 30.5 Å². The van der Waals surface area contributed by atoms with Crippen LogP contribution in [0.3, 0.4) is 0 Å². The van der Waals surface area contributed by atoms with Crippen molar-refractivity contribution in [1.29, 1.82) is 0 Å². The fourth-order valence-electron chi connectivity index (χ4n) is 1.10. The summed E-state index contributed by atoms with van der Waals surface area (Å²) >= 11 is 0. The Morgan fingerprint density at radius 1 is 1.00 bits per heavy atom. The second-order valence-corrected chi connectivity index (χ2v) is 3.50. The Hall–Kier alpha value is -1.93. The van der Waals surface area contributed by atoms with Gasteiger partial charge in [0, 0.05) is 5.69 Å². The monoisotopic (exact) mass is 286 g/mol. The molecule has 1 aromatic rings. The summed E-state index contributed by atoms with van der Waals surface area (Å²) in [5.74, 6) is 0. The van der Waals surface area contributed by atoms with Crippen LogP contribution in [0, 0.1) is 0 Å². The fourth-order valence-corrected chi connectivity index (χ4v) is 1.10. The molecule has 0 aromatic heterocycles. The normalized spacial score (nSPS) is 12.1. The molecule has 0 bridgehead atoms. The van der Waals surface area contributed by atoms with Crippen molar-refractivity contribution in [3.05, 3.63) is 29.8 Å². The SMILES string of the molecule is O=C(NCC(F)(F)F)Nc1ccc(C(F)(F)F)cc1. The molecule has 9 heteroatoms. The fraction of sp³-hybridized carbons (Fsp3) is 0.300. The van der Waals surface area contributed by atoms with Crippen molar-refractivity contribution < 1.29 is 31.1 Å². The number of anilines is 1. The highest BCUT2D eigenvalue weighted by atomic mass is 19.4. The Labute approximate surface area is 103 Å². The minimum Gasteiger partial charge on any atom is -0.329 e. The smallest absolute Gasteiger partial charge is 0.329 e. The molecule has 1 rings (SSSR count). The van der Waals surface area contributed by atoms with Crippen molar-refractivity contribution in [2.45, 2.75) is 12.4 Å². The lowest BCUT2D eigenvalue weighted by molar-refractivity contribution is -0.137. The molecule has 0 aliphatic heterocycles. The predicted molar refractivity (Wildman–Crippen MR) is 54.5 cm³/mol. The molecule has 1 aromatic carbocycles. The summed E-state index contributed by atoms with van der Waals surface area (Å²) < 4.78 is 71.9. The van der Waals surface area contributed by atoms with Gasteiger partial charge in [0.15, 0.2) is 0 Å². The zero-order valence-electron chi connectivity index (χ0n) is 9.19. The van der Waals surface area contributed by atoms with Gasteiger partial charge in [0.2, 0.25) is 0 Å². The Balaban J connectivity index is 2.56. The molecule has 0 unspecified atom stereocenters. The molecule has 106 valence electrons. The van der Waals surface area contributed by atoms with E-state index in [1.54, 1.807) is 0 Å². The van der Waals surface area contributed by atoms with Crippen LogP contribution in [-0.2, 0) is 6.18 Å².